The lowest BCUT2D eigenvalue weighted by Gasteiger charge is -2.13. The highest BCUT2D eigenvalue weighted by molar-refractivity contribution is 7.91. The maximum absolute atomic E-state index is 11.4. The minimum Gasteiger partial charge on any atom is -0.473 e. The van der Waals surface area contributed by atoms with Gasteiger partial charge in [-0.15, -0.1) is 0 Å². The normalized spacial score (nSPS) is 11.6. The van der Waals surface area contributed by atoms with Crippen LogP contribution < -0.4 is 15.8 Å². The Morgan fingerprint density at radius 3 is 2.68 bits per heavy atom. The van der Waals surface area contributed by atoms with Crippen LogP contribution in [0.4, 0.5) is 11.5 Å². The Labute approximate surface area is 114 Å². The Morgan fingerprint density at radius 2 is 2.11 bits per heavy atom. The van der Waals surface area contributed by atoms with E-state index in [2.05, 4.69) is 10.3 Å². The zero-order valence-corrected chi connectivity index (χ0v) is 12.3. The van der Waals surface area contributed by atoms with Crippen LogP contribution in [0.5, 0.6) is 5.88 Å². The summed E-state index contributed by atoms with van der Waals surface area (Å²) in [4.78, 5) is 4.20. The lowest BCUT2D eigenvalue weighted by atomic mass is 10.4. The number of hydrogen-bond acceptors (Lipinski definition) is 6. The molecule has 108 valence electrons. The van der Waals surface area contributed by atoms with Crippen molar-refractivity contribution in [3.63, 3.8) is 0 Å². The van der Waals surface area contributed by atoms with Gasteiger partial charge >= 0.3 is 0 Å². The zero-order chi connectivity index (χ0) is 14.5. The van der Waals surface area contributed by atoms with E-state index < -0.39 is 9.84 Å². The van der Waals surface area contributed by atoms with Gasteiger partial charge < -0.3 is 15.8 Å². The van der Waals surface area contributed by atoms with Crippen molar-refractivity contribution in [1.82, 2.24) is 4.98 Å². The van der Waals surface area contributed by atoms with Crippen molar-refractivity contribution in [2.45, 2.75) is 26.9 Å². The number of aromatic nitrogens is 1. The number of pyridine rings is 1. The third-order valence-corrected chi connectivity index (χ3v) is 4.10. The number of nitrogens with one attached hydrogen (secondary N) is 1. The molecule has 1 heterocycles. The first kappa shape index (κ1) is 15.6. The summed E-state index contributed by atoms with van der Waals surface area (Å²) in [6.45, 7) is 5.71. The van der Waals surface area contributed by atoms with Gasteiger partial charge in [-0.05, 0) is 26.0 Å². The summed E-state index contributed by atoms with van der Waals surface area (Å²) in [6.07, 6.45) is -0.0227. The van der Waals surface area contributed by atoms with E-state index in [1.54, 1.807) is 19.1 Å². The average molecular weight is 287 g/mol. The van der Waals surface area contributed by atoms with E-state index in [9.17, 15) is 8.42 Å². The Morgan fingerprint density at radius 1 is 1.42 bits per heavy atom. The van der Waals surface area contributed by atoms with E-state index in [1.807, 2.05) is 13.8 Å². The minimum absolute atomic E-state index is 0.0227. The van der Waals surface area contributed by atoms with Crippen molar-refractivity contribution < 1.29 is 13.2 Å². The van der Waals surface area contributed by atoms with Gasteiger partial charge in [0.15, 0.2) is 9.84 Å². The number of hydrogen-bond donors (Lipinski definition) is 2. The molecule has 6 nitrogen and oxygen atoms in total. The van der Waals surface area contributed by atoms with E-state index in [-0.39, 0.29) is 17.6 Å². The fourth-order valence-corrected chi connectivity index (χ4v) is 2.05. The largest absolute Gasteiger partial charge is 0.473 e. The molecular formula is C12H21N3O3S. The average Bonchev–Trinajstić information content (AvgIpc) is 2.32. The molecule has 0 aromatic carbocycles. The summed E-state index contributed by atoms with van der Waals surface area (Å²) in [6, 6.07) is 3.38. The van der Waals surface area contributed by atoms with Crippen LogP contribution in [-0.2, 0) is 9.84 Å². The van der Waals surface area contributed by atoms with E-state index in [1.165, 1.54) is 0 Å². The number of nitrogen functional groups attached to an aromatic ring is 1. The first-order valence-corrected chi connectivity index (χ1v) is 8.03. The Balaban J connectivity index is 2.64. The van der Waals surface area contributed by atoms with Crippen LogP contribution >= 0.6 is 0 Å². The van der Waals surface area contributed by atoms with Crippen LogP contribution in [0.15, 0.2) is 12.1 Å². The van der Waals surface area contributed by atoms with Gasteiger partial charge in [-0.3, -0.25) is 0 Å². The number of rotatable bonds is 7. The lowest BCUT2D eigenvalue weighted by Crippen LogP contribution is -2.18. The van der Waals surface area contributed by atoms with Crippen molar-refractivity contribution in [1.29, 1.82) is 0 Å². The summed E-state index contributed by atoms with van der Waals surface area (Å²) < 4.78 is 28.2. The molecule has 0 saturated heterocycles. The fraction of sp³-hybridized carbons (Fsp3) is 0.583. The van der Waals surface area contributed by atoms with E-state index >= 15 is 0 Å². The van der Waals surface area contributed by atoms with E-state index in [0.29, 0.717) is 23.9 Å². The summed E-state index contributed by atoms with van der Waals surface area (Å²) in [5, 5.41) is 2.95. The van der Waals surface area contributed by atoms with E-state index in [0.717, 1.165) is 0 Å². The van der Waals surface area contributed by atoms with E-state index in [4.69, 9.17) is 10.5 Å². The zero-order valence-electron chi connectivity index (χ0n) is 11.5. The van der Waals surface area contributed by atoms with Crippen LogP contribution in [-0.4, -0.2) is 37.6 Å². The molecule has 0 saturated carbocycles. The molecule has 0 aliphatic rings. The molecule has 0 unspecified atom stereocenters. The maximum atomic E-state index is 11.4. The summed E-state index contributed by atoms with van der Waals surface area (Å²) in [5.74, 6) is 1.14. The lowest BCUT2D eigenvalue weighted by molar-refractivity contribution is 0.234. The number of anilines is 2. The van der Waals surface area contributed by atoms with Gasteiger partial charge in [0.25, 0.3) is 0 Å². The van der Waals surface area contributed by atoms with Crippen LogP contribution in [0.3, 0.4) is 0 Å². The number of nitrogens with zero attached hydrogens (tertiary/aromatic N) is 1. The van der Waals surface area contributed by atoms with Crippen molar-refractivity contribution >= 4 is 21.3 Å². The second-order valence-corrected chi connectivity index (χ2v) is 6.89. The van der Waals surface area contributed by atoms with Gasteiger partial charge in [-0.1, -0.05) is 6.92 Å². The van der Waals surface area contributed by atoms with Crippen LogP contribution in [0.25, 0.3) is 0 Å². The molecule has 0 aliphatic carbocycles. The smallest absolute Gasteiger partial charge is 0.239 e. The quantitative estimate of drug-likeness (QED) is 0.785. The third kappa shape index (κ3) is 5.34. The van der Waals surface area contributed by atoms with Crippen LogP contribution in [0.1, 0.15) is 20.8 Å². The highest BCUT2D eigenvalue weighted by Gasteiger charge is 2.09. The van der Waals surface area contributed by atoms with Crippen molar-refractivity contribution in [3.8, 4) is 5.88 Å². The first-order valence-electron chi connectivity index (χ1n) is 6.21. The Kier molecular flexibility index (Phi) is 5.41. The predicted molar refractivity (Wildman–Crippen MR) is 77.2 cm³/mol. The number of nitrogens with two attached hydrogens (primary N) is 1. The SMILES string of the molecule is CCS(=O)(=O)CCNc1ccc(N)c(OC(C)C)n1. The number of sulfone groups is 1. The Hall–Kier alpha value is -1.50. The standard InChI is InChI=1S/C12H21N3O3S/c1-4-19(16,17)8-7-14-11-6-5-10(13)12(15-11)18-9(2)3/h5-6,9H,4,7-8,13H2,1-3H3,(H,14,15). The number of ether oxygens (including phenoxy) is 1. The van der Waals surface area contributed by atoms with Crippen LogP contribution in [0, 0.1) is 0 Å². The van der Waals surface area contributed by atoms with Gasteiger partial charge in [0, 0.05) is 12.3 Å². The molecule has 3 N–H and O–H groups in total. The molecule has 0 aliphatic heterocycles. The summed E-state index contributed by atoms with van der Waals surface area (Å²) >= 11 is 0. The molecule has 19 heavy (non-hydrogen) atoms. The van der Waals surface area contributed by atoms with Crippen molar-refractivity contribution in [2.24, 2.45) is 0 Å². The minimum atomic E-state index is -2.97. The van der Waals surface area contributed by atoms with Gasteiger partial charge in [-0.2, -0.15) is 4.98 Å². The first-order chi connectivity index (χ1) is 8.84. The molecule has 1 rings (SSSR count). The topological polar surface area (TPSA) is 94.3 Å². The second kappa shape index (κ2) is 6.60. The van der Waals surface area contributed by atoms with Crippen LogP contribution in [0.2, 0.25) is 0 Å². The van der Waals surface area contributed by atoms with Crippen molar-refractivity contribution in [2.75, 3.05) is 29.1 Å². The molecule has 0 bridgehead atoms. The van der Waals surface area contributed by atoms with Crippen molar-refractivity contribution in [3.05, 3.63) is 12.1 Å². The molecular weight excluding hydrogens is 266 g/mol. The molecule has 0 spiro atoms. The molecule has 0 amide bonds. The molecule has 0 radical (unpaired) electrons. The highest BCUT2D eigenvalue weighted by atomic mass is 32.2. The third-order valence-electron chi connectivity index (χ3n) is 2.40. The molecule has 1 aromatic heterocycles. The highest BCUT2D eigenvalue weighted by Crippen LogP contribution is 2.21. The van der Waals surface area contributed by atoms with Gasteiger partial charge in [0.1, 0.15) is 5.82 Å². The summed E-state index contributed by atoms with van der Waals surface area (Å²) in [7, 11) is -2.97. The summed E-state index contributed by atoms with van der Waals surface area (Å²) in [5.41, 5.74) is 6.20. The predicted octanol–water partition coefficient (Wildman–Crippen LogP) is 1.30. The van der Waals surface area contributed by atoms with Gasteiger partial charge in [0.05, 0.1) is 17.5 Å². The maximum Gasteiger partial charge on any atom is 0.239 e. The fourth-order valence-electron chi connectivity index (χ4n) is 1.35. The second-order valence-electron chi connectivity index (χ2n) is 4.42. The molecule has 0 fully saturated rings. The Bertz CT molecular complexity index is 515. The van der Waals surface area contributed by atoms with Gasteiger partial charge in [-0.25, -0.2) is 8.42 Å². The molecule has 0 atom stereocenters. The molecule has 1 aromatic rings. The monoisotopic (exact) mass is 287 g/mol. The van der Waals surface area contributed by atoms with Gasteiger partial charge in [0.2, 0.25) is 5.88 Å². The molecule has 7 heteroatoms.